The van der Waals surface area contributed by atoms with Gasteiger partial charge in [0.05, 0.1) is 23.4 Å². The van der Waals surface area contributed by atoms with Gasteiger partial charge in [0.2, 0.25) is 0 Å². The summed E-state index contributed by atoms with van der Waals surface area (Å²) in [4.78, 5) is 29.6. The van der Waals surface area contributed by atoms with Crippen LogP contribution in [-0.4, -0.2) is 55.1 Å². The SMILES string of the molecule is COc1c(C)cc(Br)cc1C(=O)NC(=S)Nc1ccc(N2CCN(C(=O)c3ccccc3)CC2)c(Cl)c1. The van der Waals surface area contributed by atoms with Crippen LogP contribution >= 0.6 is 39.7 Å². The molecule has 0 aliphatic carbocycles. The van der Waals surface area contributed by atoms with Crippen molar-refractivity contribution in [1.29, 1.82) is 0 Å². The second-order valence-electron chi connectivity index (χ2n) is 8.52. The molecular formula is C27H26BrClN4O3S. The van der Waals surface area contributed by atoms with Gasteiger partial charge < -0.3 is 19.9 Å². The summed E-state index contributed by atoms with van der Waals surface area (Å²) in [6, 6.07) is 18.4. The number of aryl methyl sites for hydroxylation is 1. The summed E-state index contributed by atoms with van der Waals surface area (Å²) in [5.41, 5.74) is 3.42. The number of piperazine rings is 1. The number of methoxy groups -OCH3 is 1. The van der Waals surface area contributed by atoms with E-state index in [4.69, 9.17) is 28.6 Å². The quantitative estimate of drug-likeness (QED) is 0.376. The lowest BCUT2D eigenvalue weighted by molar-refractivity contribution is 0.0746. The van der Waals surface area contributed by atoms with Crippen molar-refractivity contribution in [2.24, 2.45) is 0 Å². The molecule has 10 heteroatoms. The molecule has 0 saturated carbocycles. The number of hydrogen-bond donors (Lipinski definition) is 2. The highest BCUT2D eigenvalue weighted by Gasteiger charge is 2.23. The Kier molecular flexibility index (Phi) is 8.68. The van der Waals surface area contributed by atoms with Gasteiger partial charge in [-0.05, 0) is 67.2 Å². The van der Waals surface area contributed by atoms with E-state index in [9.17, 15) is 9.59 Å². The highest BCUT2D eigenvalue weighted by Crippen LogP contribution is 2.30. The number of rotatable bonds is 5. The van der Waals surface area contributed by atoms with Crippen LogP contribution in [0.4, 0.5) is 11.4 Å². The fraction of sp³-hybridized carbons (Fsp3) is 0.222. The summed E-state index contributed by atoms with van der Waals surface area (Å²) >= 11 is 15.4. The average molecular weight is 602 g/mol. The molecule has 2 N–H and O–H groups in total. The van der Waals surface area contributed by atoms with Gasteiger partial charge in [-0.3, -0.25) is 14.9 Å². The number of anilines is 2. The first-order valence-corrected chi connectivity index (χ1v) is 13.2. The zero-order valence-corrected chi connectivity index (χ0v) is 23.5. The van der Waals surface area contributed by atoms with E-state index in [1.165, 1.54) is 7.11 Å². The van der Waals surface area contributed by atoms with Crippen LogP contribution in [0.2, 0.25) is 5.02 Å². The van der Waals surface area contributed by atoms with Gasteiger partial charge in [0.15, 0.2) is 5.11 Å². The average Bonchev–Trinajstić information content (AvgIpc) is 2.88. The maximum Gasteiger partial charge on any atom is 0.261 e. The first kappa shape index (κ1) is 26.9. The van der Waals surface area contributed by atoms with Crippen molar-refractivity contribution in [3.8, 4) is 5.75 Å². The van der Waals surface area contributed by atoms with Gasteiger partial charge in [-0.25, -0.2) is 0 Å². The number of carbonyl (C=O) groups excluding carboxylic acids is 2. The van der Waals surface area contributed by atoms with Gasteiger partial charge >= 0.3 is 0 Å². The summed E-state index contributed by atoms with van der Waals surface area (Å²) in [6.07, 6.45) is 0. The highest BCUT2D eigenvalue weighted by atomic mass is 79.9. The second kappa shape index (κ2) is 11.9. The fourth-order valence-electron chi connectivity index (χ4n) is 4.26. The molecule has 1 aliphatic rings. The van der Waals surface area contributed by atoms with Crippen LogP contribution in [0.5, 0.6) is 5.75 Å². The van der Waals surface area contributed by atoms with Crippen molar-refractivity contribution in [2.45, 2.75) is 6.92 Å². The van der Waals surface area contributed by atoms with Crippen molar-refractivity contribution in [3.63, 3.8) is 0 Å². The normalized spacial score (nSPS) is 13.2. The van der Waals surface area contributed by atoms with E-state index in [0.29, 0.717) is 53.8 Å². The summed E-state index contributed by atoms with van der Waals surface area (Å²) in [5, 5.41) is 6.39. The molecule has 0 spiro atoms. The molecule has 0 radical (unpaired) electrons. The topological polar surface area (TPSA) is 73.9 Å². The summed E-state index contributed by atoms with van der Waals surface area (Å²) < 4.78 is 6.16. The van der Waals surface area contributed by atoms with E-state index < -0.39 is 0 Å². The molecule has 7 nitrogen and oxygen atoms in total. The van der Waals surface area contributed by atoms with Crippen LogP contribution in [0.1, 0.15) is 26.3 Å². The summed E-state index contributed by atoms with van der Waals surface area (Å²) in [5.74, 6) is 0.142. The Morgan fingerprint density at radius 2 is 1.73 bits per heavy atom. The van der Waals surface area contributed by atoms with Crippen LogP contribution in [0, 0.1) is 6.92 Å². The minimum Gasteiger partial charge on any atom is -0.496 e. The van der Waals surface area contributed by atoms with E-state index in [1.54, 1.807) is 12.1 Å². The van der Waals surface area contributed by atoms with Crippen molar-refractivity contribution in [2.75, 3.05) is 43.5 Å². The maximum atomic E-state index is 12.8. The lowest BCUT2D eigenvalue weighted by Gasteiger charge is -2.36. The Morgan fingerprint density at radius 1 is 1.03 bits per heavy atom. The monoisotopic (exact) mass is 600 g/mol. The molecule has 3 aromatic rings. The largest absolute Gasteiger partial charge is 0.496 e. The molecule has 37 heavy (non-hydrogen) atoms. The van der Waals surface area contributed by atoms with Gasteiger partial charge in [-0.15, -0.1) is 0 Å². The zero-order valence-electron chi connectivity index (χ0n) is 20.4. The predicted octanol–water partition coefficient (Wildman–Crippen LogP) is 5.51. The van der Waals surface area contributed by atoms with Crippen molar-refractivity contribution < 1.29 is 14.3 Å². The third kappa shape index (κ3) is 6.41. The Labute approximate surface area is 234 Å². The van der Waals surface area contributed by atoms with Gasteiger partial charge in [0.25, 0.3) is 11.8 Å². The minimum atomic E-state index is -0.385. The number of amides is 2. The van der Waals surface area contributed by atoms with Gasteiger partial charge in [0.1, 0.15) is 5.75 Å². The Bertz CT molecular complexity index is 1330. The third-order valence-electron chi connectivity index (χ3n) is 6.05. The Hall–Kier alpha value is -3.14. The van der Waals surface area contributed by atoms with Gasteiger partial charge in [-0.1, -0.05) is 45.7 Å². The number of ether oxygens (including phenoxy) is 1. The third-order valence-corrected chi connectivity index (χ3v) is 7.01. The van der Waals surface area contributed by atoms with Crippen molar-refractivity contribution >= 4 is 68.1 Å². The molecule has 1 heterocycles. The Balaban J connectivity index is 1.36. The van der Waals surface area contributed by atoms with Crippen LogP contribution in [0.25, 0.3) is 0 Å². The molecule has 1 saturated heterocycles. The molecule has 0 bridgehead atoms. The molecular weight excluding hydrogens is 576 g/mol. The van der Waals surface area contributed by atoms with E-state index in [2.05, 4.69) is 31.5 Å². The molecule has 192 valence electrons. The van der Waals surface area contributed by atoms with E-state index >= 15 is 0 Å². The van der Waals surface area contributed by atoms with Gasteiger partial charge in [0, 0.05) is 41.9 Å². The summed E-state index contributed by atoms with van der Waals surface area (Å²) in [6.45, 7) is 4.43. The number of benzene rings is 3. The number of nitrogens with one attached hydrogen (secondary N) is 2. The zero-order chi connectivity index (χ0) is 26.5. The van der Waals surface area contributed by atoms with Crippen LogP contribution in [-0.2, 0) is 0 Å². The molecule has 1 fully saturated rings. The smallest absolute Gasteiger partial charge is 0.261 e. The standard InChI is InChI=1S/C27H26BrClN4O3S/c1-17-14-19(28)15-21(24(17)36-2)25(34)31-27(37)30-20-8-9-23(22(29)16-20)32-10-12-33(13-11-32)26(35)18-6-4-3-5-7-18/h3-9,14-16H,10-13H2,1-2H3,(H2,30,31,34,37). The van der Waals surface area contributed by atoms with E-state index in [0.717, 1.165) is 15.7 Å². The molecule has 0 atom stereocenters. The summed E-state index contributed by atoms with van der Waals surface area (Å²) in [7, 11) is 1.52. The molecule has 0 aromatic heterocycles. The first-order valence-electron chi connectivity index (χ1n) is 11.6. The lowest BCUT2D eigenvalue weighted by Crippen LogP contribution is -2.48. The molecule has 4 rings (SSSR count). The van der Waals surface area contributed by atoms with Crippen LogP contribution < -0.4 is 20.3 Å². The number of halogens is 2. The lowest BCUT2D eigenvalue weighted by atomic mass is 10.1. The van der Waals surface area contributed by atoms with E-state index in [-0.39, 0.29) is 16.9 Å². The van der Waals surface area contributed by atoms with E-state index in [1.807, 2.05) is 60.4 Å². The minimum absolute atomic E-state index is 0.0390. The number of hydrogen-bond acceptors (Lipinski definition) is 5. The van der Waals surface area contributed by atoms with Crippen molar-refractivity contribution in [3.05, 3.63) is 86.8 Å². The predicted molar refractivity (Wildman–Crippen MR) is 155 cm³/mol. The number of thiocarbonyl (C=S) groups is 1. The molecule has 0 unspecified atom stereocenters. The van der Waals surface area contributed by atoms with Crippen LogP contribution in [0.3, 0.4) is 0 Å². The number of nitrogens with zero attached hydrogens (tertiary/aromatic N) is 2. The fourth-order valence-corrected chi connectivity index (χ4v) is 5.34. The second-order valence-corrected chi connectivity index (χ2v) is 10.3. The van der Waals surface area contributed by atoms with Gasteiger partial charge in [-0.2, -0.15) is 0 Å². The number of carbonyl (C=O) groups is 2. The molecule has 1 aliphatic heterocycles. The van der Waals surface area contributed by atoms with Crippen LogP contribution in [0.15, 0.2) is 65.1 Å². The molecule has 3 aromatic carbocycles. The first-order chi connectivity index (χ1) is 17.8. The van der Waals surface area contributed by atoms with Crippen molar-refractivity contribution in [1.82, 2.24) is 10.2 Å². The molecule has 2 amide bonds. The Morgan fingerprint density at radius 3 is 2.38 bits per heavy atom. The maximum absolute atomic E-state index is 12.8. The highest BCUT2D eigenvalue weighted by molar-refractivity contribution is 9.10.